The third-order valence-corrected chi connectivity index (χ3v) is 7.11. The van der Waals surface area contributed by atoms with Gasteiger partial charge in [-0.05, 0) is 65.9 Å². The first-order valence-electron chi connectivity index (χ1n) is 11.4. The number of halogens is 1. The lowest BCUT2D eigenvalue weighted by Crippen LogP contribution is -2.24. The van der Waals surface area contributed by atoms with Crippen LogP contribution in [0, 0.1) is 6.92 Å². The Labute approximate surface area is 218 Å². The summed E-state index contributed by atoms with van der Waals surface area (Å²) in [6.45, 7) is 6.00. The lowest BCUT2D eigenvalue weighted by Gasteiger charge is -2.12. The summed E-state index contributed by atoms with van der Waals surface area (Å²) < 4.78 is 12.1. The van der Waals surface area contributed by atoms with Crippen molar-refractivity contribution in [2.75, 3.05) is 6.61 Å². The minimum absolute atomic E-state index is 0.144. The molecule has 0 bridgehead atoms. The summed E-state index contributed by atoms with van der Waals surface area (Å²) in [6, 6.07) is 20.3. The molecule has 1 amide bonds. The van der Waals surface area contributed by atoms with Crippen molar-refractivity contribution < 1.29 is 19.1 Å². The Morgan fingerprint density at radius 1 is 1.08 bits per heavy atom. The van der Waals surface area contributed by atoms with Crippen molar-refractivity contribution in [3.8, 4) is 11.5 Å². The summed E-state index contributed by atoms with van der Waals surface area (Å²) in [5.41, 5.74) is 5.28. The number of hydrogen-bond acceptors (Lipinski definition) is 6. The van der Waals surface area contributed by atoms with E-state index in [-0.39, 0.29) is 12.5 Å². The zero-order valence-electron chi connectivity index (χ0n) is 20.1. The Hall–Kier alpha value is -3.68. The number of hydrogen-bond donors (Lipinski definition) is 1. The minimum Gasteiger partial charge on any atom is -0.483 e. The minimum atomic E-state index is -0.510. The molecule has 36 heavy (non-hydrogen) atoms. The fraction of sp³-hybridized carbons (Fsp3) is 0.179. The molecule has 1 N–H and O–H groups in total. The zero-order valence-corrected chi connectivity index (χ0v) is 21.7. The van der Waals surface area contributed by atoms with Gasteiger partial charge in [-0.3, -0.25) is 4.79 Å². The predicted molar refractivity (Wildman–Crippen MR) is 145 cm³/mol. The third-order valence-electron chi connectivity index (χ3n) is 5.45. The monoisotopic (exact) mass is 520 g/mol. The summed E-state index contributed by atoms with van der Waals surface area (Å²) >= 11 is 7.65. The number of thiophene rings is 1. The second kappa shape index (κ2) is 11.4. The van der Waals surface area contributed by atoms with E-state index in [1.165, 1.54) is 17.6 Å². The second-order valence-corrected chi connectivity index (χ2v) is 9.89. The Kier molecular flexibility index (Phi) is 8.03. The summed E-state index contributed by atoms with van der Waals surface area (Å²) in [4.78, 5) is 25.1. The van der Waals surface area contributed by atoms with E-state index in [2.05, 4.69) is 30.4 Å². The van der Waals surface area contributed by atoms with Crippen LogP contribution in [-0.4, -0.2) is 24.7 Å². The molecule has 4 aromatic rings. The van der Waals surface area contributed by atoms with Gasteiger partial charge < -0.3 is 9.47 Å². The van der Waals surface area contributed by atoms with Gasteiger partial charge in [-0.2, -0.15) is 5.10 Å². The lowest BCUT2D eigenvalue weighted by molar-refractivity contribution is -0.123. The molecule has 0 aliphatic heterocycles. The Morgan fingerprint density at radius 2 is 1.83 bits per heavy atom. The molecule has 0 unspecified atom stereocenters. The van der Waals surface area contributed by atoms with Gasteiger partial charge in [-0.1, -0.05) is 55.8 Å². The van der Waals surface area contributed by atoms with Crippen LogP contribution in [0.15, 0.2) is 71.8 Å². The Morgan fingerprint density at radius 3 is 2.56 bits per heavy atom. The number of benzene rings is 3. The first-order chi connectivity index (χ1) is 17.3. The van der Waals surface area contributed by atoms with Gasteiger partial charge in [0, 0.05) is 10.1 Å². The maximum atomic E-state index is 12.6. The van der Waals surface area contributed by atoms with Crippen LogP contribution in [0.2, 0.25) is 5.02 Å². The van der Waals surface area contributed by atoms with Crippen LogP contribution < -0.4 is 14.9 Å². The van der Waals surface area contributed by atoms with Gasteiger partial charge in [-0.25, -0.2) is 10.2 Å². The highest BCUT2D eigenvalue weighted by atomic mass is 35.5. The summed E-state index contributed by atoms with van der Waals surface area (Å²) in [5, 5.41) is 5.19. The van der Waals surface area contributed by atoms with E-state index in [1.807, 2.05) is 43.3 Å². The SMILES string of the molecule is Cc1ccc(C(C)C)cc1OCC(=O)NN=Cc1ccc(OC(=O)c2sc3ccccc3c2Cl)cc1. The second-order valence-electron chi connectivity index (χ2n) is 8.46. The van der Waals surface area contributed by atoms with Crippen molar-refractivity contribution in [1.82, 2.24) is 5.43 Å². The molecule has 6 nitrogen and oxygen atoms in total. The molecule has 8 heteroatoms. The summed E-state index contributed by atoms with van der Waals surface area (Å²) in [6.07, 6.45) is 1.50. The van der Waals surface area contributed by atoms with E-state index >= 15 is 0 Å². The fourth-order valence-corrected chi connectivity index (χ4v) is 4.79. The maximum Gasteiger partial charge on any atom is 0.355 e. The first-order valence-corrected chi connectivity index (χ1v) is 12.6. The van der Waals surface area contributed by atoms with Gasteiger partial charge >= 0.3 is 5.97 Å². The number of amides is 1. The smallest absolute Gasteiger partial charge is 0.355 e. The van der Waals surface area contributed by atoms with Crippen LogP contribution in [0.25, 0.3) is 10.1 Å². The van der Waals surface area contributed by atoms with Crippen LogP contribution in [0.3, 0.4) is 0 Å². The molecular weight excluding hydrogens is 496 g/mol. The quantitative estimate of drug-likeness (QED) is 0.121. The molecule has 184 valence electrons. The number of carbonyl (C=O) groups is 2. The van der Waals surface area contributed by atoms with Crippen LogP contribution in [0.5, 0.6) is 11.5 Å². The standard InChI is InChI=1S/C28H25ClN2O4S/c1-17(2)20-11-8-18(3)23(14-20)34-16-25(32)31-30-15-19-9-12-21(13-10-19)35-28(33)27-26(29)22-6-4-5-7-24(22)36-27/h4-15,17H,16H2,1-3H3,(H,31,32). The number of nitrogens with zero attached hydrogens (tertiary/aromatic N) is 1. The highest BCUT2D eigenvalue weighted by Crippen LogP contribution is 2.35. The summed E-state index contributed by atoms with van der Waals surface area (Å²) in [5.74, 6) is 0.551. The number of esters is 1. The Balaban J connectivity index is 1.29. The predicted octanol–water partition coefficient (Wildman–Crippen LogP) is 6.73. The number of rotatable bonds is 8. The van der Waals surface area contributed by atoms with Crippen molar-refractivity contribution in [1.29, 1.82) is 0 Å². The van der Waals surface area contributed by atoms with Gasteiger partial charge in [0.2, 0.25) is 0 Å². The fourth-order valence-electron chi connectivity index (χ4n) is 3.41. The molecule has 0 saturated heterocycles. The molecule has 0 fully saturated rings. The van der Waals surface area contributed by atoms with Crippen LogP contribution in [-0.2, 0) is 4.79 Å². The molecule has 0 spiro atoms. The van der Waals surface area contributed by atoms with E-state index in [0.29, 0.717) is 27.3 Å². The molecule has 1 aromatic heterocycles. The van der Waals surface area contributed by atoms with Crippen molar-refractivity contribution in [3.05, 3.63) is 93.3 Å². The van der Waals surface area contributed by atoms with E-state index in [0.717, 1.165) is 26.8 Å². The van der Waals surface area contributed by atoms with E-state index in [9.17, 15) is 9.59 Å². The first kappa shape index (κ1) is 25.4. The molecule has 1 heterocycles. The van der Waals surface area contributed by atoms with Crippen molar-refractivity contribution in [2.24, 2.45) is 5.10 Å². The average Bonchev–Trinajstić information content (AvgIpc) is 3.21. The van der Waals surface area contributed by atoms with Crippen LogP contribution in [0.4, 0.5) is 0 Å². The number of hydrazone groups is 1. The lowest BCUT2D eigenvalue weighted by atomic mass is 10.0. The normalized spacial score (nSPS) is 11.2. The largest absolute Gasteiger partial charge is 0.483 e. The highest BCUT2D eigenvalue weighted by molar-refractivity contribution is 7.21. The van der Waals surface area contributed by atoms with Crippen LogP contribution in [0.1, 0.15) is 46.1 Å². The average molecular weight is 521 g/mol. The van der Waals surface area contributed by atoms with Gasteiger partial charge in [-0.15, -0.1) is 11.3 Å². The molecule has 0 aliphatic rings. The highest BCUT2D eigenvalue weighted by Gasteiger charge is 2.19. The van der Waals surface area contributed by atoms with Crippen LogP contribution >= 0.6 is 22.9 Å². The van der Waals surface area contributed by atoms with E-state index in [4.69, 9.17) is 21.1 Å². The molecule has 0 saturated carbocycles. The van der Waals surface area contributed by atoms with Crippen molar-refractivity contribution >= 4 is 51.1 Å². The van der Waals surface area contributed by atoms with Gasteiger partial charge in [0.25, 0.3) is 5.91 Å². The molecule has 0 radical (unpaired) electrons. The third kappa shape index (κ3) is 6.11. The molecule has 0 aliphatic carbocycles. The van der Waals surface area contributed by atoms with E-state index < -0.39 is 5.97 Å². The summed E-state index contributed by atoms with van der Waals surface area (Å²) in [7, 11) is 0. The van der Waals surface area contributed by atoms with Crippen molar-refractivity contribution in [2.45, 2.75) is 26.7 Å². The number of carbonyl (C=O) groups excluding carboxylic acids is 2. The number of fused-ring (bicyclic) bond motifs is 1. The molecule has 3 aromatic carbocycles. The molecule has 0 atom stereocenters. The van der Waals surface area contributed by atoms with Gasteiger partial charge in [0.15, 0.2) is 6.61 Å². The van der Waals surface area contributed by atoms with Gasteiger partial charge in [0.05, 0.1) is 11.2 Å². The molecular formula is C28H25ClN2O4S. The maximum absolute atomic E-state index is 12.6. The topological polar surface area (TPSA) is 77.0 Å². The molecule has 4 rings (SSSR count). The number of nitrogens with one attached hydrogen (secondary N) is 1. The zero-order chi connectivity index (χ0) is 25.7. The van der Waals surface area contributed by atoms with Crippen molar-refractivity contribution in [3.63, 3.8) is 0 Å². The number of ether oxygens (including phenoxy) is 2. The Bertz CT molecular complexity index is 1430. The van der Waals surface area contributed by atoms with E-state index in [1.54, 1.807) is 24.3 Å². The van der Waals surface area contributed by atoms with Gasteiger partial charge in [0.1, 0.15) is 16.4 Å². The number of aryl methyl sites for hydroxylation is 1.